The Morgan fingerprint density at radius 1 is 1.00 bits per heavy atom. The molecular formula is C26H22ClN3OS2. The zero-order valence-corrected chi connectivity index (χ0v) is 20.5. The van der Waals surface area contributed by atoms with Crippen LogP contribution < -0.4 is 10.2 Å². The lowest BCUT2D eigenvalue weighted by molar-refractivity contribution is 0.383. The average Bonchev–Trinajstić information content (AvgIpc) is 3.39. The second-order valence-corrected chi connectivity index (χ2v) is 9.96. The largest absolute Gasteiger partial charge is 0.452 e. The van der Waals surface area contributed by atoms with E-state index in [9.17, 15) is 0 Å². The van der Waals surface area contributed by atoms with Crippen molar-refractivity contribution in [3.05, 3.63) is 107 Å². The second-order valence-electron chi connectivity index (χ2n) is 8.06. The summed E-state index contributed by atoms with van der Waals surface area (Å²) < 4.78 is 6.37. The quantitative estimate of drug-likeness (QED) is 0.296. The third-order valence-corrected chi connectivity index (χ3v) is 7.00. The minimum atomic E-state index is -0.173. The number of halogens is 1. The first-order valence-corrected chi connectivity index (χ1v) is 12.2. The van der Waals surface area contributed by atoms with Crippen molar-refractivity contribution in [1.29, 1.82) is 0 Å². The molecule has 0 spiro atoms. The standard InChI is InChI=1S/C26H22ClN3OS2/c1-16-13-17(2)15-19(14-16)30-25(24(29-26(30)32)21-5-3-4-12-28-21)22-10-11-23(31-22)33-20-8-6-18(27)7-9-20/h3-15,24-25H,1-2H3,(H,29,32)/t24-,25+/m1/s1. The van der Waals surface area contributed by atoms with Crippen LogP contribution in [0.3, 0.4) is 0 Å². The van der Waals surface area contributed by atoms with Gasteiger partial charge < -0.3 is 14.6 Å². The summed E-state index contributed by atoms with van der Waals surface area (Å²) >= 11 is 13.4. The third kappa shape index (κ3) is 4.64. The van der Waals surface area contributed by atoms with Crippen molar-refractivity contribution in [3.8, 4) is 0 Å². The zero-order chi connectivity index (χ0) is 22.9. The summed E-state index contributed by atoms with van der Waals surface area (Å²) in [5.74, 6) is 0.827. The van der Waals surface area contributed by atoms with Crippen molar-refractivity contribution < 1.29 is 4.42 Å². The van der Waals surface area contributed by atoms with E-state index >= 15 is 0 Å². The summed E-state index contributed by atoms with van der Waals surface area (Å²) in [5.41, 5.74) is 4.33. The number of nitrogens with zero attached hydrogens (tertiary/aromatic N) is 2. The lowest BCUT2D eigenvalue weighted by Crippen LogP contribution is -2.29. The number of pyridine rings is 1. The summed E-state index contributed by atoms with van der Waals surface area (Å²) in [5, 5.41) is 5.67. The molecule has 0 radical (unpaired) electrons. The van der Waals surface area contributed by atoms with E-state index in [0.29, 0.717) is 10.1 Å². The normalized spacial score (nSPS) is 17.9. The van der Waals surface area contributed by atoms with E-state index in [1.165, 1.54) is 11.1 Å². The van der Waals surface area contributed by atoms with Gasteiger partial charge in [-0.15, -0.1) is 0 Å². The van der Waals surface area contributed by atoms with Crippen LogP contribution in [0, 0.1) is 13.8 Å². The Kier molecular flexibility index (Phi) is 6.15. The maximum atomic E-state index is 6.37. The van der Waals surface area contributed by atoms with Gasteiger partial charge in [0.1, 0.15) is 11.8 Å². The van der Waals surface area contributed by atoms with Crippen molar-refractivity contribution in [2.75, 3.05) is 4.90 Å². The van der Waals surface area contributed by atoms with Crippen LogP contribution in [-0.2, 0) is 0 Å². The monoisotopic (exact) mass is 491 g/mol. The van der Waals surface area contributed by atoms with Crippen LogP contribution in [-0.4, -0.2) is 10.1 Å². The molecule has 0 bridgehead atoms. The van der Waals surface area contributed by atoms with Gasteiger partial charge in [-0.05, 0) is 97.9 Å². The van der Waals surface area contributed by atoms with Gasteiger partial charge >= 0.3 is 0 Å². The van der Waals surface area contributed by atoms with Gasteiger partial charge in [-0.1, -0.05) is 35.5 Å². The van der Waals surface area contributed by atoms with Crippen molar-refractivity contribution in [3.63, 3.8) is 0 Å². The van der Waals surface area contributed by atoms with Gasteiger partial charge in [-0.25, -0.2) is 0 Å². The topological polar surface area (TPSA) is 41.3 Å². The van der Waals surface area contributed by atoms with Crippen LogP contribution in [0.1, 0.15) is 34.7 Å². The molecule has 1 saturated heterocycles. The van der Waals surface area contributed by atoms with E-state index in [1.54, 1.807) is 18.0 Å². The molecule has 0 unspecified atom stereocenters. The summed E-state index contributed by atoms with van der Waals surface area (Å²) in [6, 6.07) is 23.9. The van der Waals surface area contributed by atoms with Gasteiger partial charge in [0.25, 0.3) is 0 Å². The number of rotatable bonds is 5. The highest BCUT2D eigenvalue weighted by Gasteiger charge is 2.42. The first-order chi connectivity index (χ1) is 16.0. The Morgan fingerprint density at radius 2 is 1.76 bits per heavy atom. The fourth-order valence-electron chi connectivity index (χ4n) is 4.18. The van der Waals surface area contributed by atoms with Crippen LogP contribution in [0.2, 0.25) is 5.02 Å². The number of hydrogen-bond donors (Lipinski definition) is 1. The van der Waals surface area contributed by atoms with Crippen molar-refractivity contribution in [1.82, 2.24) is 10.3 Å². The smallest absolute Gasteiger partial charge is 0.174 e. The molecule has 4 nitrogen and oxygen atoms in total. The van der Waals surface area contributed by atoms with E-state index in [0.717, 1.165) is 27.1 Å². The second kappa shape index (κ2) is 9.21. The van der Waals surface area contributed by atoms with Crippen LogP contribution in [0.4, 0.5) is 5.69 Å². The van der Waals surface area contributed by atoms with Gasteiger partial charge in [-0.3, -0.25) is 4.98 Å². The van der Waals surface area contributed by atoms with Gasteiger partial charge in [0, 0.05) is 21.8 Å². The first-order valence-electron chi connectivity index (χ1n) is 10.6. The van der Waals surface area contributed by atoms with E-state index in [-0.39, 0.29) is 12.1 Å². The minimum absolute atomic E-state index is 0.140. The van der Waals surface area contributed by atoms with E-state index in [4.69, 9.17) is 28.2 Å². The lowest BCUT2D eigenvalue weighted by Gasteiger charge is -2.26. The molecule has 0 amide bonds. The lowest BCUT2D eigenvalue weighted by atomic mass is 10.0. The highest BCUT2D eigenvalue weighted by Crippen LogP contribution is 2.43. The van der Waals surface area contributed by atoms with Gasteiger partial charge in [0.05, 0.1) is 11.7 Å². The number of nitrogens with one attached hydrogen (secondary N) is 1. The molecule has 4 aromatic rings. The van der Waals surface area contributed by atoms with Crippen molar-refractivity contribution >= 4 is 46.4 Å². The predicted octanol–water partition coefficient (Wildman–Crippen LogP) is 7.27. The van der Waals surface area contributed by atoms with Crippen LogP contribution >= 0.6 is 35.6 Å². The number of benzene rings is 2. The number of hydrogen-bond acceptors (Lipinski definition) is 4. The molecule has 7 heteroatoms. The molecule has 166 valence electrons. The Bertz CT molecular complexity index is 1270. The Morgan fingerprint density at radius 3 is 2.45 bits per heavy atom. The Hall–Kier alpha value is -2.80. The Labute approximate surface area is 208 Å². The number of thiocarbonyl (C=S) groups is 1. The molecule has 0 saturated carbocycles. The van der Waals surface area contributed by atoms with Gasteiger partial charge in [-0.2, -0.15) is 0 Å². The third-order valence-electron chi connectivity index (χ3n) is 5.51. The summed E-state index contributed by atoms with van der Waals surface area (Å²) in [6.07, 6.45) is 1.81. The molecule has 3 heterocycles. The van der Waals surface area contributed by atoms with Crippen molar-refractivity contribution in [2.45, 2.75) is 35.9 Å². The number of furan rings is 1. The molecule has 1 fully saturated rings. The molecule has 0 aliphatic carbocycles. The molecule has 33 heavy (non-hydrogen) atoms. The molecular weight excluding hydrogens is 470 g/mol. The van der Waals surface area contributed by atoms with Crippen LogP contribution in [0.15, 0.2) is 93.4 Å². The van der Waals surface area contributed by atoms with E-state index in [2.05, 4.69) is 47.2 Å². The number of aryl methyl sites for hydroxylation is 2. The summed E-state index contributed by atoms with van der Waals surface area (Å²) in [6.45, 7) is 4.20. The van der Waals surface area contributed by atoms with Crippen molar-refractivity contribution in [2.24, 2.45) is 0 Å². The van der Waals surface area contributed by atoms with E-state index < -0.39 is 0 Å². The van der Waals surface area contributed by atoms with Gasteiger partial charge in [0.15, 0.2) is 10.2 Å². The maximum absolute atomic E-state index is 6.37. The number of aromatic nitrogens is 1. The first kappa shape index (κ1) is 22.0. The molecule has 1 N–H and O–H groups in total. The fourth-order valence-corrected chi connectivity index (χ4v) is 5.43. The zero-order valence-electron chi connectivity index (χ0n) is 18.2. The molecule has 2 aromatic carbocycles. The highest BCUT2D eigenvalue weighted by atomic mass is 35.5. The fraction of sp³-hybridized carbons (Fsp3) is 0.154. The Balaban J connectivity index is 1.54. The molecule has 1 aliphatic heterocycles. The molecule has 1 aliphatic rings. The van der Waals surface area contributed by atoms with Crippen LogP contribution in [0.5, 0.6) is 0 Å². The number of anilines is 1. The average molecular weight is 492 g/mol. The molecule has 5 rings (SSSR count). The van der Waals surface area contributed by atoms with E-state index in [1.807, 2.05) is 54.6 Å². The SMILES string of the molecule is Cc1cc(C)cc(N2C(=S)N[C@H](c3ccccn3)[C@@H]2c2ccc(Sc3ccc(Cl)cc3)o2)c1. The minimum Gasteiger partial charge on any atom is -0.452 e. The summed E-state index contributed by atoms with van der Waals surface area (Å²) in [7, 11) is 0. The molecule has 2 aromatic heterocycles. The highest BCUT2D eigenvalue weighted by molar-refractivity contribution is 7.99. The maximum Gasteiger partial charge on any atom is 0.174 e. The summed E-state index contributed by atoms with van der Waals surface area (Å²) in [4.78, 5) is 7.81. The predicted molar refractivity (Wildman–Crippen MR) is 138 cm³/mol. The van der Waals surface area contributed by atoms with Gasteiger partial charge in [0.2, 0.25) is 0 Å². The van der Waals surface area contributed by atoms with Crippen LogP contribution in [0.25, 0.3) is 0 Å². The molecule has 2 atom stereocenters.